The molecule has 1 saturated heterocycles. The van der Waals surface area contributed by atoms with E-state index in [1.165, 1.54) is 5.56 Å². The number of likely N-dealkylation sites (N-methyl/N-ethyl adjacent to an activating group) is 1. The first kappa shape index (κ1) is 16.6. The summed E-state index contributed by atoms with van der Waals surface area (Å²) in [7, 11) is 3.44. The summed E-state index contributed by atoms with van der Waals surface area (Å²) < 4.78 is 5.30. The fraction of sp³-hybridized carbons (Fsp3) is 0.556. The van der Waals surface area contributed by atoms with Crippen LogP contribution < -0.4 is 4.74 Å². The number of hydrogen-bond acceptors (Lipinski definition) is 3. The van der Waals surface area contributed by atoms with Gasteiger partial charge in [0.2, 0.25) is 5.91 Å². The summed E-state index contributed by atoms with van der Waals surface area (Å²) in [5, 5.41) is 0. The number of urea groups is 1. The van der Waals surface area contributed by atoms with Gasteiger partial charge in [-0.3, -0.25) is 4.79 Å². The third-order valence-electron chi connectivity index (χ3n) is 5.18. The van der Waals surface area contributed by atoms with Crippen LogP contribution >= 0.6 is 0 Å². The van der Waals surface area contributed by atoms with E-state index in [-0.39, 0.29) is 30.6 Å². The molecular weight excluding hydrogens is 306 g/mol. The van der Waals surface area contributed by atoms with Crippen LogP contribution in [-0.4, -0.2) is 66.0 Å². The quantitative estimate of drug-likeness (QED) is 0.787. The standard InChI is InChI=1S/C18H25N3O3/c1-12-7-14-5-6-16(24-4)8-15(14)10-21(12)18(23)20-9-13(2)19(3)17(22)11-20/h5-6,8,12-13H,7,9-11H2,1-4H3. The topological polar surface area (TPSA) is 53.1 Å². The van der Waals surface area contributed by atoms with Crippen LogP contribution in [0.25, 0.3) is 0 Å². The molecule has 2 aliphatic rings. The lowest BCUT2D eigenvalue weighted by molar-refractivity contribution is -0.136. The van der Waals surface area contributed by atoms with Gasteiger partial charge in [-0.25, -0.2) is 4.79 Å². The molecule has 3 amide bonds. The largest absolute Gasteiger partial charge is 0.497 e. The van der Waals surface area contributed by atoms with Gasteiger partial charge in [-0.05, 0) is 43.5 Å². The van der Waals surface area contributed by atoms with Gasteiger partial charge in [0, 0.05) is 32.2 Å². The third kappa shape index (κ3) is 2.92. The second kappa shape index (κ2) is 6.34. The Morgan fingerprint density at radius 2 is 1.92 bits per heavy atom. The van der Waals surface area contributed by atoms with Crippen LogP contribution in [0.5, 0.6) is 5.75 Å². The highest BCUT2D eigenvalue weighted by Gasteiger charge is 2.35. The molecule has 2 atom stereocenters. The second-order valence-corrected chi connectivity index (χ2v) is 6.83. The molecule has 1 aromatic rings. The van der Waals surface area contributed by atoms with Crippen molar-refractivity contribution in [1.29, 1.82) is 0 Å². The zero-order valence-corrected chi connectivity index (χ0v) is 14.8. The van der Waals surface area contributed by atoms with Crippen molar-refractivity contribution in [2.24, 2.45) is 0 Å². The summed E-state index contributed by atoms with van der Waals surface area (Å²) in [5.41, 5.74) is 2.38. The van der Waals surface area contributed by atoms with E-state index < -0.39 is 0 Å². The lowest BCUT2D eigenvalue weighted by Gasteiger charge is -2.42. The summed E-state index contributed by atoms with van der Waals surface area (Å²) in [6.07, 6.45) is 0.822. The van der Waals surface area contributed by atoms with E-state index in [9.17, 15) is 9.59 Å². The lowest BCUT2D eigenvalue weighted by Crippen LogP contribution is -2.59. The molecular formula is C18H25N3O3. The average molecular weight is 331 g/mol. The average Bonchev–Trinajstić information content (AvgIpc) is 2.57. The number of benzene rings is 1. The molecule has 3 rings (SSSR count). The first-order chi connectivity index (χ1) is 11.4. The molecule has 24 heavy (non-hydrogen) atoms. The molecule has 6 nitrogen and oxygen atoms in total. The van der Waals surface area contributed by atoms with Crippen LogP contribution in [0.3, 0.4) is 0 Å². The van der Waals surface area contributed by atoms with Gasteiger partial charge >= 0.3 is 6.03 Å². The van der Waals surface area contributed by atoms with Crippen molar-refractivity contribution in [3.05, 3.63) is 29.3 Å². The molecule has 1 aromatic carbocycles. The Bertz CT molecular complexity index is 661. The van der Waals surface area contributed by atoms with Crippen molar-refractivity contribution in [3.8, 4) is 5.75 Å². The maximum Gasteiger partial charge on any atom is 0.321 e. The first-order valence-electron chi connectivity index (χ1n) is 8.37. The smallest absolute Gasteiger partial charge is 0.321 e. The van der Waals surface area contributed by atoms with Crippen LogP contribution in [0, 0.1) is 0 Å². The van der Waals surface area contributed by atoms with Gasteiger partial charge < -0.3 is 19.4 Å². The van der Waals surface area contributed by atoms with E-state index in [4.69, 9.17) is 4.74 Å². The van der Waals surface area contributed by atoms with Gasteiger partial charge in [0.05, 0.1) is 7.11 Å². The van der Waals surface area contributed by atoms with Crippen LogP contribution in [0.15, 0.2) is 18.2 Å². The summed E-state index contributed by atoms with van der Waals surface area (Å²) in [6, 6.07) is 6.15. The Labute approximate surface area is 143 Å². The number of rotatable bonds is 1. The number of nitrogens with zero attached hydrogens (tertiary/aromatic N) is 3. The highest BCUT2D eigenvalue weighted by Crippen LogP contribution is 2.28. The van der Waals surface area contributed by atoms with E-state index in [1.807, 2.05) is 24.0 Å². The van der Waals surface area contributed by atoms with Gasteiger partial charge in [-0.15, -0.1) is 0 Å². The van der Waals surface area contributed by atoms with Crippen molar-refractivity contribution in [2.45, 2.75) is 38.9 Å². The molecule has 0 radical (unpaired) electrons. The molecule has 0 bridgehead atoms. The summed E-state index contributed by atoms with van der Waals surface area (Å²) in [4.78, 5) is 30.3. The Morgan fingerprint density at radius 1 is 1.17 bits per heavy atom. The number of piperazine rings is 1. The summed E-state index contributed by atoms with van der Waals surface area (Å²) >= 11 is 0. The zero-order valence-electron chi connectivity index (χ0n) is 14.8. The number of amides is 3. The fourth-order valence-corrected chi connectivity index (χ4v) is 3.45. The van der Waals surface area contributed by atoms with Crippen LogP contribution in [0.4, 0.5) is 4.79 Å². The minimum absolute atomic E-state index is 0.00571. The summed E-state index contributed by atoms with van der Waals surface area (Å²) in [6.45, 7) is 5.33. The molecule has 0 aliphatic carbocycles. The maximum atomic E-state index is 13.0. The minimum atomic E-state index is -0.0516. The lowest BCUT2D eigenvalue weighted by atomic mass is 9.94. The van der Waals surface area contributed by atoms with Crippen molar-refractivity contribution in [1.82, 2.24) is 14.7 Å². The molecule has 0 N–H and O–H groups in total. The zero-order chi connectivity index (χ0) is 17.4. The number of ether oxygens (including phenoxy) is 1. The van der Waals surface area contributed by atoms with Gasteiger partial charge in [0.25, 0.3) is 0 Å². The number of methoxy groups -OCH3 is 1. The Morgan fingerprint density at radius 3 is 2.58 bits per heavy atom. The molecule has 2 aliphatic heterocycles. The Balaban J connectivity index is 1.79. The molecule has 0 saturated carbocycles. The normalized spacial score (nSPS) is 24.0. The molecule has 2 heterocycles. The summed E-state index contributed by atoms with van der Waals surface area (Å²) in [5.74, 6) is 0.799. The van der Waals surface area contributed by atoms with E-state index in [0.717, 1.165) is 17.7 Å². The number of carbonyl (C=O) groups excluding carboxylic acids is 2. The van der Waals surface area contributed by atoms with Crippen LogP contribution in [-0.2, 0) is 17.8 Å². The maximum absolute atomic E-state index is 13.0. The van der Waals surface area contributed by atoms with Crippen molar-refractivity contribution in [2.75, 3.05) is 27.2 Å². The van der Waals surface area contributed by atoms with Gasteiger partial charge in [-0.2, -0.15) is 0 Å². The molecule has 0 spiro atoms. The highest BCUT2D eigenvalue weighted by molar-refractivity contribution is 5.85. The van der Waals surface area contributed by atoms with E-state index in [1.54, 1.807) is 24.0 Å². The van der Waals surface area contributed by atoms with Crippen LogP contribution in [0.2, 0.25) is 0 Å². The molecule has 6 heteroatoms. The molecule has 130 valence electrons. The minimum Gasteiger partial charge on any atom is -0.497 e. The number of fused-ring (bicyclic) bond motifs is 1. The van der Waals surface area contributed by atoms with Gasteiger partial charge in [-0.1, -0.05) is 6.07 Å². The van der Waals surface area contributed by atoms with Crippen molar-refractivity contribution >= 4 is 11.9 Å². The van der Waals surface area contributed by atoms with E-state index >= 15 is 0 Å². The van der Waals surface area contributed by atoms with Crippen LogP contribution in [0.1, 0.15) is 25.0 Å². The van der Waals surface area contributed by atoms with Gasteiger partial charge in [0.15, 0.2) is 0 Å². The van der Waals surface area contributed by atoms with Crippen molar-refractivity contribution in [3.63, 3.8) is 0 Å². The van der Waals surface area contributed by atoms with Gasteiger partial charge in [0.1, 0.15) is 12.3 Å². The number of hydrogen-bond donors (Lipinski definition) is 0. The van der Waals surface area contributed by atoms with E-state index in [0.29, 0.717) is 13.1 Å². The Kier molecular flexibility index (Phi) is 4.39. The second-order valence-electron chi connectivity index (χ2n) is 6.83. The number of carbonyl (C=O) groups is 2. The third-order valence-corrected chi connectivity index (χ3v) is 5.18. The Hall–Kier alpha value is -2.24. The molecule has 0 aromatic heterocycles. The predicted molar refractivity (Wildman–Crippen MR) is 90.9 cm³/mol. The predicted octanol–water partition coefficient (Wildman–Crippen LogP) is 1.72. The highest BCUT2D eigenvalue weighted by atomic mass is 16.5. The monoisotopic (exact) mass is 331 g/mol. The van der Waals surface area contributed by atoms with E-state index in [2.05, 4.69) is 13.0 Å². The SMILES string of the molecule is COc1ccc2c(c1)CN(C(=O)N1CC(=O)N(C)C(C)C1)C(C)C2. The molecule has 2 unspecified atom stereocenters. The van der Waals surface area contributed by atoms with Crippen molar-refractivity contribution < 1.29 is 14.3 Å². The fourth-order valence-electron chi connectivity index (χ4n) is 3.45. The first-order valence-corrected chi connectivity index (χ1v) is 8.37. The molecule has 1 fully saturated rings.